The van der Waals surface area contributed by atoms with E-state index in [9.17, 15) is 4.79 Å². The van der Waals surface area contributed by atoms with Crippen LogP contribution in [-0.4, -0.2) is 35.9 Å². The van der Waals surface area contributed by atoms with Crippen molar-refractivity contribution in [2.24, 2.45) is 5.73 Å². The molecule has 114 valence electrons. The molecule has 0 saturated heterocycles. The molecule has 0 aliphatic heterocycles. The normalized spacial score (nSPS) is 9.81. The Balaban J connectivity index is 0.00000220. The summed E-state index contributed by atoms with van der Waals surface area (Å²) in [6.45, 7) is 1.49. The Hall–Kier alpha value is -2.05. The van der Waals surface area contributed by atoms with E-state index in [0.29, 0.717) is 25.2 Å². The molecule has 3 N–H and O–H groups in total. The van der Waals surface area contributed by atoms with Gasteiger partial charge in [-0.2, -0.15) is 5.10 Å². The molecule has 7 heteroatoms. The molecule has 0 fully saturated rings. The summed E-state index contributed by atoms with van der Waals surface area (Å²) in [5, 5.41) is 6.88. The van der Waals surface area contributed by atoms with Crippen LogP contribution in [-0.2, 0) is 6.54 Å². The molecule has 0 aliphatic carbocycles. The molecule has 1 aromatic carbocycles. The molecule has 21 heavy (non-hydrogen) atoms. The number of rotatable bonds is 6. The number of halogens is 1. The summed E-state index contributed by atoms with van der Waals surface area (Å²) in [4.78, 5) is 11.7. The number of methoxy groups -OCH3 is 1. The van der Waals surface area contributed by atoms with Crippen LogP contribution in [0.3, 0.4) is 0 Å². The van der Waals surface area contributed by atoms with E-state index >= 15 is 0 Å². The number of amides is 1. The van der Waals surface area contributed by atoms with Gasteiger partial charge < -0.3 is 15.8 Å². The number of aromatic nitrogens is 2. The molecule has 0 aliphatic rings. The minimum absolute atomic E-state index is 0. The van der Waals surface area contributed by atoms with Crippen molar-refractivity contribution in [3.63, 3.8) is 0 Å². The molecule has 2 aromatic rings. The second kappa shape index (κ2) is 8.28. The summed E-state index contributed by atoms with van der Waals surface area (Å²) in [5.41, 5.74) is 6.96. The summed E-state index contributed by atoms with van der Waals surface area (Å²) in [6, 6.07) is 7.73. The predicted molar refractivity (Wildman–Crippen MR) is 83.0 cm³/mol. The Morgan fingerprint density at radius 3 is 2.71 bits per heavy atom. The molecule has 0 atom stereocenters. The molecule has 6 nitrogen and oxygen atoms in total. The number of nitrogens with two attached hydrogens (primary N) is 1. The highest BCUT2D eigenvalue weighted by atomic mass is 35.5. The van der Waals surface area contributed by atoms with Crippen LogP contribution in [0.15, 0.2) is 36.7 Å². The quantitative estimate of drug-likeness (QED) is 0.835. The number of ether oxygens (including phenoxy) is 1. The lowest BCUT2D eigenvalue weighted by molar-refractivity contribution is 0.0954. The first-order valence-electron chi connectivity index (χ1n) is 6.36. The van der Waals surface area contributed by atoms with E-state index in [4.69, 9.17) is 10.5 Å². The molecule has 0 spiro atoms. The fourth-order valence-electron chi connectivity index (χ4n) is 1.77. The summed E-state index contributed by atoms with van der Waals surface area (Å²) in [6.07, 6.45) is 3.27. The Bertz CT molecular complexity index is 569. The number of benzene rings is 1. The van der Waals surface area contributed by atoms with Crippen LogP contribution in [0.25, 0.3) is 0 Å². The average molecular weight is 311 g/mol. The predicted octanol–water partition coefficient (Wildman–Crippen LogP) is 1.05. The maximum atomic E-state index is 11.7. The zero-order valence-corrected chi connectivity index (χ0v) is 12.6. The molecular weight excluding hydrogens is 292 g/mol. The van der Waals surface area contributed by atoms with E-state index in [1.807, 2.05) is 24.3 Å². The van der Waals surface area contributed by atoms with Crippen molar-refractivity contribution in [3.8, 4) is 5.75 Å². The minimum Gasteiger partial charge on any atom is -0.497 e. The first kappa shape index (κ1) is 17.0. The largest absolute Gasteiger partial charge is 0.497 e. The van der Waals surface area contributed by atoms with E-state index in [0.717, 1.165) is 11.3 Å². The van der Waals surface area contributed by atoms with Gasteiger partial charge in [-0.15, -0.1) is 12.4 Å². The molecule has 0 saturated carbocycles. The topological polar surface area (TPSA) is 82.2 Å². The zero-order valence-electron chi connectivity index (χ0n) is 11.8. The van der Waals surface area contributed by atoms with Gasteiger partial charge in [0, 0.05) is 19.3 Å². The Kier molecular flexibility index (Phi) is 6.71. The van der Waals surface area contributed by atoms with Crippen LogP contribution >= 0.6 is 12.4 Å². The SMILES string of the molecule is COc1ccc(Cn2cc(C(=O)NCCN)cn2)cc1.Cl. The summed E-state index contributed by atoms with van der Waals surface area (Å²) < 4.78 is 6.83. The molecule has 0 radical (unpaired) electrons. The van der Waals surface area contributed by atoms with Crippen LogP contribution in [0.5, 0.6) is 5.75 Å². The lowest BCUT2D eigenvalue weighted by Gasteiger charge is -2.04. The van der Waals surface area contributed by atoms with Gasteiger partial charge in [-0.05, 0) is 17.7 Å². The highest BCUT2D eigenvalue weighted by Crippen LogP contribution is 2.12. The van der Waals surface area contributed by atoms with Crippen LogP contribution in [0.1, 0.15) is 15.9 Å². The van der Waals surface area contributed by atoms with Crippen LogP contribution < -0.4 is 15.8 Å². The van der Waals surface area contributed by atoms with Crippen molar-refractivity contribution < 1.29 is 9.53 Å². The monoisotopic (exact) mass is 310 g/mol. The number of hydrogen-bond donors (Lipinski definition) is 2. The smallest absolute Gasteiger partial charge is 0.254 e. The van der Waals surface area contributed by atoms with Gasteiger partial charge in [-0.3, -0.25) is 9.48 Å². The van der Waals surface area contributed by atoms with E-state index in [1.54, 1.807) is 24.2 Å². The van der Waals surface area contributed by atoms with Crippen molar-refractivity contribution in [3.05, 3.63) is 47.8 Å². The zero-order chi connectivity index (χ0) is 14.4. The first-order chi connectivity index (χ1) is 9.72. The van der Waals surface area contributed by atoms with Gasteiger partial charge in [-0.1, -0.05) is 12.1 Å². The third-order valence-electron chi connectivity index (χ3n) is 2.83. The van der Waals surface area contributed by atoms with Crippen molar-refractivity contribution in [1.82, 2.24) is 15.1 Å². The van der Waals surface area contributed by atoms with Gasteiger partial charge in [-0.25, -0.2) is 0 Å². The van der Waals surface area contributed by atoms with Crippen LogP contribution in [0, 0.1) is 0 Å². The van der Waals surface area contributed by atoms with Gasteiger partial charge in [0.1, 0.15) is 5.75 Å². The van der Waals surface area contributed by atoms with Gasteiger partial charge >= 0.3 is 0 Å². The second-order valence-corrected chi connectivity index (χ2v) is 4.32. The van der Waals surface area contributed by atoms with Crippen molar-refractivity contribution in [2.75, 3.05) is 20.2 Å². The molecule has 1 amide bonds. The third-order valence-corrected chi connectivity index (χ3v) is 2.83. The lowest BCUT2D eigenvalue weighted by Crippen LogP contribution is -2.28. The van der Waals surface area contributed by atoms with Gasteiger partial charge in [0.05, 0.1) is 25.4 Å². The maximum absolute atomic E-state index is 11.7. The standard InChI is InChI=1S/C14H18N4O2.ClH/c1-20-13-4-2-11(3-5-13)9-18-10-12(8-17-18)14(19)16-7-6-15;/h2-5,8,10H,6-7,9,15H2,1H3,(H,16,19);1H. The van der Waals surface area contributed by atoms with Crippen molar-refractivity contribution in [2.45, 2.75) is 6.54 Å². The number of hydrogen-bond acceptors (Lipinski definition) is 4. The molecular formula is C14H19ClN4O2. The fourth-order valence-corrected chi connectivity index (χ4v) is 1.77. The Morgan fingerprint density at radius 1 is 1.38 bits per heavy atom. The van der Waals surface area contributed by atoms with Crippen LogP contribution in [0.2, 0.25) is 0 Å². The van der Waals surface area contributed by atoms with E-state index < -0.39 is 0 Å². The number of carbonyl (C=O) groups excluding carboxylic acids is 1. The Morgan fingerprint density at radius 2 is 2.10 bits per heavy atom. The second-order valence-electron chi connectivity index (χ2n) is 4.32. The van der Waals surface area contributed by atoms with Gasteiger partial charge in [0.2, 0.25) is 0 Å². The minimum atomic E-state index is -0.156. The molecule has 0 bridgehead atoms. The average Bonchev–Trinajstić information content (AvgIpc) is 2.94. The summed E-state index contributed by atoms with van der Waals surface area (Å²) in [5.74, 6) is 0.660. The van der Waals surface area contributed by atoms with E-state index in [-0.39, 0.29) is 18.3 Å². The Labute approximate surface area is 129 Å². The van der Waals surface area contributed by atoms with E-state index in [1.165, 1.54) is 0 Å². The van der Waals surface area contributed by atoms with Gasteiger partial charge in [0.15, 0.2) is 0 Å². The summed E-state index contributed by atoms with van der Waals surface area (Å²) in [7, 11) is 1.63. The highest BCUT2D eigenvalue weighted by molar-refractivity contribution is 5.93. The molecule has 2 rings (SSSR count). The summed E-state index contributed by atoms with van der Waals surface area (Å²) >= 11 is 0. The van der Waals surface area contributed by atoms with Crippen molar-refractivity contribution >= 4 is 18.3 Å². The molecule has 1 heterocycles. The lowest BCUT2D eigenvalue weighted by atomic mass is 10.2. The number of carbonyl (C=O) groups is 1. The van der Waals surface area contributed by atoms with Gasteiger partial charge in [0.25, 0.3) is 5.91 Å². The number of nitrogens with one attached hydrogen (secondary N) is 1. The van der Waals surface area contributed by atoms with Crippen LogP contribution in [0.4, 0.5) is 0 Å². The van der Waals surface area contributed by atoms with Crippen molar-refractivity contribution in [1.29, 1.82) is 0 Å². The highest BCUT2D eigenvalue weighted by Gasteiger charge is 2.07. The number of nitrogens with zero attached hydrogens (tertiary/aromatic N) is 2. The first-order valence-corrected chi connectivity index (χ1v) is 6.36. The maximum Gasteiger partial charge on any atom is 0.254 e. The van der Waals surface area contributed by atoms with E-state index in [2.05, 4.69) is 10.4 Å². The molecule has 0 unspecified atom stereocenters. The fraction of sp³-hybridized carbons (Fsp3) is 0.286. The molecule has 1 aromatic heterocycles. The third kappa shape index (κ3) is 4.77.